The van der Waals surface area contributed by atoms with Gasteiger partial charge < -0.3 is 5.32 Å². The summed E-state index contributed by atoms with van der Waals surface area (Å²) in [6.45, 7) is 5.69. The Morgan fingerprint density at radius 3 is 2.68 bits per heavy atom. The lowest BCUT2D eigenvalue weighted by atomic mass is 9.45. The lowest BCUT2D eigenvalue weighted by Gasteiger charge is -2.60. The fourth-order valence-corrected chi connectivity index (χ4v) is 8.69. The molecule has 0 radical (unpaired) electrons. The molecule has 0 spiro atoms. The summed E-state index contributed by atoms with van der Waals surface area (Å²) in [7, 11) is 0. The van der Waals surface area contributed by atoms with Crippen LogP contribution in [0.5, 0.6) is 0 Å². The molecule has 3 heteroatoms. The summed E-state index contributed by atoms with van der Waals surface area (Å²) >= 11 is 0. The van der Waals surface area contributed by atoms with Crippen LogP contribution in [-0.4, -0.2) is 12.5 Å². The maximum absolute atomic E-state index is 14.0. The first-order valence-corrected chi connectivity index (χ1v) is 13.0. The van der Waals surface area contributed by atoms with Crippen molar-refractivity contribution >= 4 is 5.91 Å². The fraction of sp³-hybridized carbons (Fsp3) is 0.750. The predicted molar refractivity (Wildman–Crippen MR) is 123 cm³/mol. The Hall–Kier alpha value is -1.38. The van der Waals surface area contributed by atoms with Gasteiger partial charge in [0.1, 0.15) is 5.82 Å². The molecule has 31 heavy (non-hydrogen) atoms. The third-order valence-corrected chi connectivity index (χ3v) is 10.3. The van der Waals surface area contributed by atoms with Crippen LogP contribution in [0.15, 0.2) is 24.3 Å². The molecule has 0 aliphatic heterocycles. The SMILES string of the molecule is C[C@H]1CC[C@H]2C(CC[C@@H]3C2CC[C@@]2(C)C3CCC[C@@H]2CNC(=O)c2ccccc2F)C1. The van der Waals surface area contributed by atoms with E-state index in [1.807, 2.05) is 0 Å². The van der Waals surface area contributed by atoms with Crippen molar-refractivity contribution < 1.29 is 9.18 Å². The number of fused-ring (bicyclic) bond motifs is 5. The molecule has 1 aromatic rings. The van der Waals surface area contributed by atoms with Gasteiger partial charge in [0.15, 0.2) is 0 Å². The van der Waals surface area contributed by atoms with E-state index in [1.165, 1.54) is 70.3 Å². The van der Waals surface area contributed by atoms with Gasteiger partial charge in [-0.3, -0.25) is 4.79 Å². The van der Waals surface area contributed by atoms with Crippen LogP contribution in [0.3, 0.4) is 0 Å². The Bertz CT molecular complexity index is 808. The molecule has 1 aromatic carbocycles. The van der Waals surface area contributed by atoms with Crippen molar-refractivity contribution in [1.29, 1.82) is 0 Å². The highest BCUT2D eigenvalue weighted by atomic mass is 19.1. The van der Waals surface area contributed by atoms with Crippen LogP contribution in [0.2, 0.25) is 0 Å². The third kappa shape index (κ3) is 3.85. The van der Waals surface area contributed by atoms with Gasteiger partial charge in [0.25, 0.3) is 5.91 Å². The Balaban J connectivity index is 1.28. The van der Waals surface area contributed by atoms with Gasteiger partial charge >= 0.3 is 0 Å². The molecule has 0 bridgehead atoms. The van der Waals surface area contributed by atoms with E-state index in [-0.39, 0.29) is 11.5 Å². The van der Waals surface area contributed by atoms with E-state index in [2.05, 4.69) is 19.2 Å². The van der Waals surface area contributed by atoms with Crippen LogP contribution in [-0.2, 0) is 0 Å². The van der Waals surface area contributed by atoms with Gasteiger partial charge in [0, 0.05) is 6.54 Å². The molecule has 0 heterocycles. The van der Waals surface area contributed by atoms with Crippen LogP contribution in [0.25, 0.3) is 0 Å². The average molecular weight is 426 g/mol. The summed E-state index contributed by atoms with van der Waals surface area (Å²) in [5.74, 6) is 5.43. The monoisotopic (exact) mass is 425 g/mol. The highest BCUT2D eigenvalue weighted by Crippen LogP contribution is 2.63. The summed E-state index contributed by atoms with van der Waals surface area (Å²) in [6.07, 6.45) is 13.9. The third-order valence-electron chi connectivity index (χ3n) is 10.3. The maximum atomic E-state index is 14.0. The van der Waals surface area contributed by atoms with Crippen molar-refractivity contribution in [1.82, 2.24) is 5.32 Å². The summed E-state index contributed by atoms with van der Waals surface area (Å²) in [5.41, 5.74) is 0.505. The van der Waals surface area contributed by atoms with Gasteiger partial charge in [-0.1, -0.05) is 38.8 Å². The number of amides is 1. The molecule has 4 aliphatic carbocycles. The van der Waals surface area contributed by atoms with Crippen LogP contribution in [0.4, 0.5) is 4.39 Å². The minimum absolute atomic E-state index is 0.175. The molecule has 4 aliphatic rings. The first-order chi connectivity index (χ1) is 15.0. The van der Waals surface area contributed by atoms with Crippen molar-refractivity contribution in [2.75, 3.05) is 6.54 Å². The van der Waals surface area contributed by atoms with Crippen LogP contribution >= 0.6 is 0 Å². The number of hydrogen-bond acceptors (Lipinski definition) is 1. The van der Waals surface area contributed by atoms with Gasteiger partial charge in [-0.05, 0) is 110 Å². The smallest absolute Gasteiger partial charge is 0.254 e. The molecule has 3 unspecified atom stereocenters. The zero-order valence-corrected chi connectivity index (χ0v) is 19.4. The van der Waals surface area contributed by atoms with Gasteiger partial charge in [-0.25, -0.2) is 4.39 Å². The van der Waals surface area contributed by atoms with E-state index in [0.29, 0.717) is 17.9 Å². The van der Waals surface area contributed by atoms with E-state index in [9.17, 15) is 9.18 Å². The van der Waals surface area contributed by atoms with E-state index in [4.69, 9.17) is 0 Å². The number of rotatable bonds is 3. The number of nitrogens with one attached hydrogen (secondary N) is 1. The number of benzene rings is 1. The van der Waals surface area contributed by atoms with Gasteiger partial charge in [0.2, 0.25) is 0 Å². The van der Waals surface area contributed by atoms with Crippen LogP contribution in [0.1, 0.15) is 88.4 Å². The molecular weight excluding hydrogens is 385 g/mol. The Kier molecular flexibility index (Phi) is 5.90. The van der Waals surface area contributed by atoms with Gasteiger partial charge in [0.05, 0.1) is 5.56 Å². The number of halogens is 1. The summed E-state index contributed by atoms with van der Waals surface area (Å²) < 4.78 is 14.0. The topological polar surface area (TPSA) is 29.1 Å². The zero-order valence-electron chi connectivity index (χ0n) is 19.4. The first-order valence-electron chi connectivity index (χ1n) is 13.0. The minimum atomic E-state index is -0.424. The molecule has 0 aromatic heterocycles. The average Bonchev–Trinajstić information content (AvgIpc) is 2.77. The van der Waals surface area contributed by atoms with E-state index < -0.39 is 5.82 Å². The van der Waals surface area contributed by atoms with E-state index in [1.54, 1.807) is 18.2 Å². The van der Waals surface area contributed by atoms with Crippen molar-refractivity contribution in [3.05, 3.63) is 35.6 Å². The van der Waals surface area contributed by atoms with Crippen molar-refractivity contribution in [2.24, 2.45) is 46.8 Å². The fourth-order valence-electron chi connectivity index (χ4n) is 8.69. The highest BCUT2D eigenvalue weighted by Gasteiger charge is 2.55. The number of carbonyl (C=O) groups excluding carboxylic acids is 1. The Labute approximate surface area is 187 Å². The summed E-state index contributed by atoms with van der Waals surface area (Å²) in [6, 6.07) is 6.33. The second kappa shape index (κ2) is 8.52. The number of hydrogen-bond donors (Lipinski definition) is 1. The highest BCUT2D eigenvalue weighted by molar-refractivity contribution is 5.94. The second-order valence-corrected chi connectivity index (χ2v) is 11.7. The van der Waals surface area contributed by atoms with Crippen molar-refractivity contribution in [3.8, 4) is 0 Å². The molecule has 8 atom stereocenters. The zero-order chi connectivity index (χ0) is 21.6. The molecule has 0 saturated heterocycles. The summed E-state index contributed by atoms with van der Waals surface area (Å²) in [5, 5.41) is 3.11. The van der Waals surface area contributed by atoms with Crippen LogP contribution < -0.4 is 5.32 Å². The van der Waals surface area contributed by atoms with Crippen molar-refractivity contribution in [3.63, 3.8) is 0 Å². The molecule has 170 valence electrons. The molecule has 2 nitrogen and oxygen atoms in total. The molecule has 1 amide bonds. The van der Waals surface area contributed by atoms with E-state index in [0.717, 1.165) is 35.5 Å². The maximum Gasteiger partial charge on any atom is 0.254 e. The second-order valence-electron chi connectivity index (χ2n) is 11.7. The van der Waals surface area contributed by atoms with Gasteiger partial charge in [-0.2, -0.15) is 0 Å². The molecule has 1 N–H and O–H groups in total. The van der Waals surface area contributed by atoms with E-state index >= 15 is 0 Å². The normalized spacial score (nSPS) is 42.1. The number of carbonyl (C=O) groups is 1. The standard InChI is InChI=1S/C28H40FNO/c1-18-10-12-21-19(16-18)11-13-23-22(21)14-15-28(2)20(6-5-8-25(23)28)17-30-27(31)24-7-3-4-9-26(24)29/h3-4,7,9,18-23,25H,5-6,8,10-17H2,1-2H3,(H,30,31)/t18-,19?,20+,21-,22?,23+,25?,28+/m0/s1. The molecule has 4 saturated carbocycles. The van der Waals surface area contributed by atoms with Crippen molar-refractivity contribution in [2.45, 2.75) is 78.1 Å². The van der Waals surface area contributed by atoms with Crippen LogP contribution in [0, 0.1) is 52.7 Å². The predicted octanol–water partition coefficient (Wildman–Crippen LogP) is 6.85. The first kappa shape index (κ1) is 21.5. The Morgan fingerprint density at radius 2 is 1.84 bits per heavy atom. The molecule has 4 fully saturated rings. The minimum Gasteiger partial charge on any atom is -0.352 e. The largest absolute Gasteiger partial charge is 0.352 e. The quantitative estimate of drug-likeness (QED) is 0.564. The Morgan fingerprint density at radius 1 is 1.03 bits per heavy atom. The lowest BCUT2D eigenvalue weighted by Crippen LogP contribution is -2.54. The molecular formula is C28H40FNO. The molecule has 5 rings (SSSR count). The lowest BCUT2D eigenvalue weighted by molar-refractivity contribution is -0.108. The van der Waals surface area contributed by atoms with Gasteiger partial charge in [-0.15, -0.1) is 0 Å². The summed E-state index contributed by atoms with van der Waals surface area (Å²) in [4.78, 5) is 12.6.